The van der Waals surface area contributed by atoms with Crippen LogP contribution in [-0.4, -0.2) is 51.5 Å². The Morgan fingerprint density at radius 3 is 2.50 bits per heavy atom. The minimum Gasteiger partial charge on any atom is -0.497 e. The van der Waals surface area contributed by atoms with Crippen molar-refractivity contribution >= 4 is 64.2 Å². The molecule has 36 heavy (non-hydrogen) atoms. The van der Waals surface area contributed by atoms with E-state index in [4.69, 9.17) is 27.9 Å². The molecule has 3 rings (SSSR count). The van der Waals surface area contributed by atoms with E-state index in [1.54, 1.807) is 61.3 Å². The third-order valence-corrected chi connectivity index (χ3v) is 7.53. The Morgan fingerprint density at radius 1 is 1.11 bits per heavy atom. The van der Waals surface area contributed by atoms with E-state index < -0.39 is 0 Å². The number of hydrogen-bond donors (Lipinski definition) is 2. The zero-order valence-electron chi connectivity index (χ0n) is 20.1. The van der Waals surface area contributed by atoms with Crippen LogP contribution in [0.25, 0.3) is 0 Å². The van der Waals surface area contributed by atoms with Gasteiger partial charge in [0.1, 0.15) is 5.75 Å². The maximum Gasteiger partial charge on any atom is 0.251 e. The first kappa shape index (κ1) is 28.2. The maximum atomic E-state index is 12.9. The first-order valence-corrected chi connectivity index (χ1v) is 14.2. The Balaban J connectivity index is 1.70. The largest absolute Gasteiger partial charge is 0.497 e. The highest BCUT2D eigenvalue weighted by Crippen LogP contribution is 2.26. The lowest BCUT2D eigenvalue weighted by Crippen LogP contribution is -2.31. The summed E-state index contributed by atoms with van der Waals surface area (Å²) in [6.07, 6.45) is 2.70. The molecule has 0 spiro atoms. The van der Waals surface area contributed by atoms with Crippen molar-refractivity contribution in [2.24, 2.45) is 0 Å². The first-order valence-electron chi connectivity index (χ1n) is 11.1. The second-order valence-corrected chi connectivity index (χ2v) is 10.3. The van der Waals surface area contributed by atoms with Crippen molar-refractivity contribution in [3.05, 3.63) is 63.9 Å². The van der Waals surface area contributed by atoms with Gasteiger partial charge in [0.2, 0.25) is 5.91 Å². The second-order valence-electron chi connectivity index (χ2n) is 7.59. The molecule has 2 N–H and O–H groups in total. The van der Waals surface area contributed by atoms with Gasteiger partial charge in [-0.25, -0.2) is 0 Å². The average Bonchev–Trinajstić information content (AvgIpc) is 3.30. The molecule has 3 aromatic rings. The molecule has 2 amide bonds. The number of benzene rings is 2. The summed E-state index contributed by atoms with van der Waals surface area (Å²) in [6.45, 7) is 2.57. The predicted octanol–water partition coefficient (Wildman–Crippen LogP) is 5.57. The Hall–Kier alpha value is -2.40. The van der Waals surface area contributed by atoms with Crippen LogP contribution in [0.1, 0.15) is 35.6 Å². The number of anilines is 1. The van der Waals surface area contributed by atoms with E-state index in [2.05, 4.69) is 20.8 Å². The fourth-order valence-electron chi connectivity index (χ4n) is 3.35. The Bertz CT molecular complexity index is 1190. The lowest BCUT2D eigenvalue weighted by molar-refractivity contribution is -0.113. The number of rotatable bonds is 12. The van der Waals surface area contributed by atoms with Crippen LogP contribution < -0.4 is 15.4 Å². The van der Waals surface area contributed by atoms with E-state index in [9.17, 15) is 9.59 Å². The minimum absolute atomic E-state index is 0.131. The maximum absolute atomic E-state index is 12.9. The van der Waals surface area contributed by atoms with Crippen molar-refractivity contribution in [1.82, 2.24) is 20.1 Å². The van der Waals surface area contributed by atoms with Crippen LogP contribution in [0, 0.1) is 0 Å². The van der Waals surface area contributed by atoms with E-state index in [0.29, 0.717) is 51.0 Å². The molecule has 0 saturated heterocycles. The highest BCUT2D eigenvalue weighted by molar-refractivity contribution is 7.99. The molecule has 0 aliphatic heterocycles. The summed E-state index contributed by atoms with van der Waals surface area (Å²) in [4.78, 5) is 25.4. The van der Waals surface area contributed by atoms with E-state index in [-0.39, 0.29) is 23.6 Å². The smallest absolute Gasteiger partial charge is 0.251 e. The Labute approximate surface area is 228 Å². The highest BCUT2D eigenvalue weighted by atomic mass is 35.5. The van der Waals surface area contributed by atoms with E-state index in [1.165, 1.54) is 11.8 Å². The zero-order chi connectivity index (χ0) is 26.1. The van der Waals surface area contributed by atoms with E-state index >= 15 is 0 Å². The molecule has 12 heteroatoms. The molecule has 1 atom stereocenters. The molecule has 0 unspecified atom stereocenters. The van der Waals surface area contributed by atoms with Gasteiger partial charge in [-0.1, -0.05) is 35.0 Å². The van der Waals surface area contributed by atoms with Gasteiger partial charge in [-0.2, -0.15) is 11.8 Å². The summed E-state index contributed by atoms with van der Waals surface area (Å²) in [5.41, 5.74) is 1.09. The number of carbonyl (C=O) groups is 2. The summed E-state index contributed by atoms with van der Waals surface area (Å²) in [7, 11) is 1.58. The topological polar surface area (TPSA) is 98.1 Å². The van der Waals surface area contributed by atoms with Gasteiger partial charge in [0.15, 0.2) is 11.0 Å². The summed E-state index contributed by atoms with van der Waals surface area (Å²) < 4.78 is 7.10. The van der Waals surface area contributed by atoms with Gasteiger partial charge in [0.05, 0.1) is 28.9 Å². The molecule has 1 aromatic heterocycles. The van der Waals surface area contributed by atoms with Gasteiger partial charge >= 0.3 is 0 Å². The number of ether oxygens (including phenoxy) is 1. The van der Waals surface area contributed by atoms with Crippen LogP contribution in [0.15, 0.2) is 47.6 Å². The SMILES string of the molecule is CCn1c(SCC(=O)Nc2ccc(Cl)c(Cl)c2)nnc1[C@H](CCSC)NC(=O)c1ccc(OC)cc1. The molecule has 0 aliphatic carbocycles. The van der Waals surface area contributed by atoms with Crippen molar-refractivity contribution in [1.29, 1.82) is 0 Å². The number of thioether (sulfide) groups is 2. The molecular weight excluding hydrogens is 541 g/mol. The number of nitrogens with one attached hydrogen (secondary N) is 2. The average molecular weight is 569 g/mol. The standard InChI is InChI=1S/C24H27Cl2N5O3S2/c1-4-31-22(20(11-12-35-3)28-23(33)15-5-8-17(34-2)9-6-15)29-30-24(31)36-14-21(32)27-16-7-10-18(25)19(26)13-16/h5-10,13,20H,4,11-12,14H2,1-3H3,(H,27,32)(H,28,33)/t20-/m0/s1. The van der Waals surface area contributed by atoms with Gasteiger partial charge in [0.25, 0.3) is 5.91 Å². The van der Waals surface area contributed by atoms with Crippen LogP contribution in [-0.2, 0) is 11.3 Å². The number of nitrogens with zero attached hydrogens (tertiary/aromatic N) is 3. The predicted molar refractivity (Wildman–Crippen MR) is 148 cm³/mol. The molecule has 0 fully saturated rings. The van der Waals surface area contributed by atoms with Crippen molar-refractivity contribution in [2.45, 2.75) is 31.1 Å². The third kappa shape index (κ3) is 7.55. The van der Waals surface area contributed by atoms with Crippen molar-refractivity contribution in [2.75, 3.05) is 30.2 Å². The van der Waals surface area contributed by atoms with Gasteiger partial charge in [0, 0.05) is 17.8 Å². The number of hydrogen-bond acceptors (Lipinski definition) is 7. The lowest BCUT2D eigenvalue weighted by Gasteiger charge is -2.19. The molecule has 192 valence electrons. The van der Waals surface area contributed by atoms with Crippen LogP contribution >= 0.6 is 46.7 Å². The molecule has 0 bridgehead atoms. The minimum atomic E-state index is -0.334. The molecule has 1 heterocycles. The van der Waals surface area contributed by atoms with Crippen LogP contribution in [0.2, 0.25) is 10.0 Å². The quantitative estimate of drug-likeness (QED) is 0.276. The fraction of sp³-hybridized carbons (Fsp3) is 0.333. The number of aromatic nitrogens is 3. The van der Waals surface area contributed by atoms with Crippen molar-refractivity contribution < 1.29 is 14.3 Å². The Kier molecular flexibility index (Phi) is 10.8. The van der Waals surface area contributed by atoms with Crippen LogP contribution in [0.3, 0.4) is 0 Å². The molecule has 0 radical (unpaired) electrons. The molecule has 0 aliphatic rings. The summed E-state index contributed by atoms with van der Waals surface area (Å²) in [6, 6.07) is 11.5. The van der Waals surface area contributed by atoms with Crippen LogP contribution in [0.5, 0.6) is 5.75 Å². The van der Waals surface area contributed by atoms with Crippen LogP contribution in [0.4, 0.5) is 5.69 Å². The monoisotopic (exact) mass is 567 g/mol. The molecule has 2 aromatic carbocycles. The van der Waals surface area contributed by atoms with E-state index in [0.717, 1.165) is 5.75 Å². The number of halogens is 2. The number of amides is 2. The second kappa shape index (κ2) is 13.8. The van der Waals surface area contributed by atoms with E-state index in [1.807, 2.05) is 17.7 Å². The van der Waals surface area contributed by atoms with Crippen molar-refractivity contribution in [3.8, 4) is 5.75 Å². The highest BCUT2D eigenvalue weighted by Gasteiger charge is 2.23. The van der Waals surface area contributed by atoms with Crippen molar-refractivity contribution in [3.63, 3.8) is 0 Å². The van der Waals surface area contributed by atoms with Gasteiger partial charge in [-0.3, -0.25) is 9.59 Å². The summed E-state index contributed by atoms with van der Waals surface area (Å²) in [5, 5.41) is 16.0. The van der Waals surface area contributed by atoms with Gasteiger partial charge in [-0.15, -0.1) is 10.2 Å². The number of carbonyl (C=O) groups excluding carboxylic acids is 2. The Morgan fingerprint density at radius 2 is 1.86 bits per heavy atom. The lowest BCUT2D eigenvalue weighted by atomic mass is 10.1. The third-order valence-electron chi connectivity index (χ3n) is 5.18. The first-order chi connectivity index (χ1) is 17.4. The van der Waals surface area contributed by atoms with Gasteiger partial charge < -0.3 is 19.9 Å². The summed E-state index contributed by atoms with van der Waals surface area (Å²) >= 11 is 14.9. The molecule has 0 saturated carbocycles. The number of methoxy groups -OCH3 is 1. The van der Waals surface area contributed by atoms with Gasteiger partial charge in [-0.05, 0) is 67.8 Å². The molecule has 8 nitrogen and oxygen atoms in total. The summed E-state index contributed by atoms with van der Waals surface area (Å²) in [5.74, 6) is 1.88. The normalized spacial score (nSPS) is 11.7. The fourth-order valence-corrected chi connectivity index (χ4v) is 4.93. The zero-order valence-corrected chi connectivity index (χ0v) is 23.2. The molecular formula is C24H27Cl2N5O3S2.